The SMILES string of the molecule is Cc1cc(NC(=O)c2cnn3ccc(NC(C)C)nc23)n(-c2cccc(CF)c2)n1. The molecule has 0 spiro atoms. The van der Waals surface area contributed by atoms with Gasteiger partial charge in [0.1, 0.15) is 23.9 Å². The van der Waals surface area contributed by atoms with Gasteiger partial charge in [-0.15, -0.1) is 0 Å². The summed E-state index contributed by atoms with van der Waals surface area (Å²) in [7, 11) is 0. The van der Waals surface area contributed by atoms with E-state index in [2.05, 4.69) is 25.8 Å². The standard InChI is InChI=1S/C21H22FN7O/c1-13(2)24-18-7-8-28-20(25-18)17(12-23-28)21(30)26-19-9-14(3)27-29(19)16-6-4-5-15(10-16)11-22/h4-10,12-13H,11H2,1-3H3,(H,24,25)(H,26,30). The summed E-state index contributed by atoms with van der Waals surface area (Å²) in [4.78, 5) is 17.5. The lowest BCUT2D eigenvalue weighted by Crippen LogP contribution is -2.16. The molecular formula is C21H22FN7O. The molecular weight excluding hydrogens is 385 g/mol. The minimum Gasteiger partial charge on any atom is -0.368 e. The molecule has 1 aromatic carbocycles. The lowest BCUT2D eigenvalue weighted by Gasteiger charge is -2.10. The molecule has 0 aliphatic carbocycles. The van der Waals surface area contributed by atoms with Crippen LogP contribution in [-0.4, -0.2) is 36.3 Å². The number of aromatic nitrogens is 5. The molecule has 0 fully saturated rings. The third-order valence-electron chi connectivity index (χ3n) is 4.43. The van der Waals surface area contributed by atoms with Crippen LogP contribution >= 0.6 is 0 Å². The second-order valence-corrected chi connectivity index (χ2v) is 7.28. The fourth-order valence-corrected chi connectivity index (χ4v) is 3.15. The zero-order chi connectivity index (χ0) is 21.3. The zero-order valence-electron chi connectivity index (χ0n) is 16.9. The van der Waals surface area contributed by atoms with Crippen LogP contribution in [0.3, 0.4) is 0 Å². The van der Waals surface area contributed by atoms with E-state index in [0.717, 1.165) is 5.69 Å². The number of nitrogens with one attached hydrogen (secondary N) is 2. The first-order chi connectivity index (χ1) is 14.4. The first-order valence-electron chi connectivity index (χ1n) is 9.59. The summed E-state index contributed by atoms with van der Waals surface area (Å²) < 4.78 is 16.2. The third-order valence-corrected chi connectivity index (χ3v) is 4.43. The lowest BCUT2D eigenvalue weighted by molar-refractivity contribution is 0.102. The number of rotatable bonds is 6. The van der Waals surface area contributed by atoms with Crippen LogP contribution in [0.5, 0.6) is 0 Å². The van der Waals surface area contributed by atoms with Crippen LogP contribution < -0.4 is 10.6 Å². The number of anilines is 2. The molecule has 0 bridgehead atoms. The van der Waals surface area contributed by atoms with Crippen LogP contribution in [0, 0.1) is 6.92 Å². The highest BCUT2D eigenvalue weighted by atomic mass is 19.1. The summed E-state index contributed by atoms with van der Waals surface area (Å²) in [5, 5.41) is 14.7. The summed E-state index contributed by atoms with van der Waals surface area (Å²) in [6.07, 6.45) is 3.23. The zero-order valence-corrected chi connectivity index (χ0v) is 16.9. The molecule has 4 aromatic rings. The largest absolute Gasteiger partial charge is 0.368 e. The van der Waals surface area contributed by atoms with Crippen molar-refractivity contribution in [3.05, 3.63) is 65.6 Å². The number of hydrogen-bond acceptors (Lipinski definition) is 5. The molecule has 4 rings (SSSR count). The van der Waals surface area contributed by atoms with Crippen LogP contribution in [0.1, 0.15) is 35.5 Å². The number of aryl methyl sites for hydroxylation is 1. The summed E-state index contributed by atoms with van der Waals surface area (Å²) in [5.41, 5.74) is 2.70. The predicted octanol–water partition coefficient (Wildman–Crippen LogP) is 3.77. The topological polar surface area (TPSA) is 89.1 Å². The number of halogens is 1. The molecule has 2 N–H and O–H groups in total. The van der Waals surface area contributed by atoms with Gasteiger partial charge in [0.15, 0.2) is 5.65 Å². The van der Waals surface area contributed by atoms with E-state index in [1.54, 1.807) is 45.7 Å². The number of carbonyl (C=O) groups excluding carboxylic acids is 1. The Balaban J connectivity index is 1.66. The van der Waals surface area contributed by atoms with Gasteiger partial charge in [0.2, 0.25) is 0 Å². The molecule has 1 amide bonds. The molecule has 0 saturated heterocycles. The van der Waals surface area contributed by atoms with Crippen LogP contribution in [0.25, 0.3) is 11.3 Å². The monoisotopic (exact) mass is 407 g/mol. The van der Waals surface area contributed by atoms with Crippen molar-refractivity contribution in [3.8, 4) is 5.69 Å². The van der Waals surface area contributed by atoms with Crippen LogP contribution in [0.15, 0.2) is 48.8 Å². The van der Waals surface area contributed by atoms with E-state index in [1.165, 1.54) is 6.20 Å². The van der Waals surface area contributed by atoms with Gasteiger partial charge in [-0.05, 0) is 44.5 Å². The third kappa shape index (κ3) is 3.86. The maximum Gasteiger partial charge on any atom is 0.262 e. The van der Waals surface area contributed by atoms with Crippen LogP contribution in [0.2, 0.25) is 0 Å². The highest BCUT2D eigenvalue weighted by Crippen LogP contribution is 2.20. The first kappa shape index (κ1) is 19.6. The summed E-state index contributed by atoms with van der Waals surface area (Å²) in [5.74, 6) is 0.780. The van der Waals surface area contributed by atoms with Crippen molar-refractivity contribution in [2.45, 2.75) is 33.5 Å². The molecule has 0 atom stereocenters. The number of benzene rings is 1. The maximum atomic E-state index is 13.1. The number of carbonyl (C=O) groups is 1. The average Bonchev–Trinajstić information content (AvgIpc) is 3.30. The van der Waals surface area contributed by atoms with Crippen LogP contribution in [0.4, 0.5) is 16.0 Å². The Morgan fingerprint density at radius 3 is 2.83 bits per heavy atom. The number of fused-ring (bicyclic) bond motifs is 1. The van der Waals surface area contributed by atoms with Gasteiger partial charge >= 0.3 is 0 Å². The molecule has 0 radical (unpaired) electrons. The highest BCUT2D eigenvalue weighted by Gasteiger charge is 2.18. The molecule has 3 heterocycles. The van der Waals surface area contributed by atoms with Gasteiger partial charge < -0.3 is 10.6 Å². The molecule has 30 heavy (non-hydrogen) atoms. The number of alkyl halides is 1. The molecule has 0 aliphatic heterocycles. The van der Waals surface area contributed by atoms with Crippen molar-refractivity contribution in [3.63, 3.8) is 0 Å². The second-order valence-electron chi connectivity index (χ2n) is 7.28. The Morgan fingerprint density at radius 2 is 2.07 bits per heavy atom. The van der Waals surface area contributed by atoms with Crippen molar-refractivity contribution in [1.29, 1.82) is 0 Å². The Morgan fingerprint density at radius 1 is 1.23 bits per heavy atom. The van der Waals surface area contributed by atoms with E-state index in [0.29, 0.717) is 34.1 Å². The Bertz CT molecular complexity index is 1210. The van der Waals surface area contributed by atoms with Gasteiger partial charge in [-0.1, -0.05) is 12.1 Å². The molecule has 0 unspecified atom stereocenters. The quantitative estimate of drug-likeness (QED) is 0.508. The van der Waals surface area contributed by atoms with E-state index in [9.17, 15) is 9.18 Å². The van der Waals surface area contributed by atoms with E-state index >= 15 is 0 Å². The van der Waals surface area contributed by atoms with Gasteiger partial charge in [0, 0.05) is 18.3 Å². The van der Waals surface area contributed by atoms with Gasteiger partial charge in [0.25, 0.3) is 5.91 Å². The minimum absolute atomic E-state index is 0.206. The number of amides is 1. The van der Waals surface area contributed by atoms with E-state index in [4.69, 9.17) is 0 Å². The predicted molar refractivity (Wildman–Crippen MR) is 113 cm³/mol. The summed E-state index contributed by atoms with van der Waals surface area (Å²) in [6, 6.07) is 10.7. The average molecular weight is 407 g/mol. The Labute approximate surface area is 172 Å². The molecule has 3 aromatic heterocycles. The summed E-state index contributed by atoms with van der Waals surface area (Å²) in [6.45, 7) is 5.27. The molecule has 9 heteroatoms. The minimum atomic E-state index is -0.573. The lowest BCUT2D eigenvalue weighted by atomic mass is 10.2. The summed E-state index contributed by atoms with van der Waals surface area (Å²) >= 11 is 0. The van der Waals surface area contributed by atoms with Gasteiger partial charge in [0.05, 0.1) is 17.6 Å². The van der Waals surface area contributed by atoms with E-state index in [-0.39, 0.29) is 11.9 Å². The van der Waals surface area contributed by atoms with Crippen molar-refractivity contribution in [1.82, 2.24) is 24.4 Å². The van der Waals surface area contributed by atoms with E-state index in [1.807, 2.05) is 26.8 Å². The first-order valence-corrected chi connectivity index (χ1v) is 9.59. The smallest absolute Gasteiger partial charge is 0.262 e. The molecule has 0 aliphatic rings. The van der Waals surface area contributed by atoms with Crippen molar-refractivity contribution in [2.24, 2.45) is 0 Å². The Hall–Kier alpha value is -3.75. The fourth-order valence-electron chi connectivity index (χ4n) is 3.15. The maximum absolute atomic E-state index is 13.1. The normalized spacial score (nSPS) is 11.2. The number of nitrogens with zero attached hydrogens (tertiary/aromatic N) is 5. The van der Waals surface area contributed by atoms with E-state index < -0.39 is 6.67 Å². The van der Waals surface area contributed by atoms with Crippen molar-refractivity contribution in [2.75, 3.05) is 10.6 Å². The van der Waals surface area contributed by atoms with Crippen molar-refractivity contribution < 1.29 is 9.18 Å². The van der Waals surface area contributed by atoms with Gasteiger partial charge in [-0.25, -0.2) is 18.6 Å². The van der Waals surface area contributed by atoms with Crippen LogP contribution in [-0.2, 0) is 6.67 Å². The van der Waals surface area contributed by atoms with Gasteiger partial charge in [-0.3, -0.25) is 4.79 Å². The van der Waals surface area contributed by atoms with Crippen molar-refractivity contribution >= 4 is 23.2 Å². The molecule has 154 valence electrons. The second kappa shape index (κ2) is 7.94. The highest BCUT2D eigenvalue weighted by molar-refractivity contribution is 6.08. The van der Waals surface area contributed by atoms with Gasteiger partial charge in [-0.2, -0.15) is 10.2 Å². The molecule has 0 saturated carbocycles. The Kier molecular flexibility index (Phi) is 5.18. The fraction of sp³-hybridized carbons (Fsp3) is 0.238. The molecule has 8 nitrogen and oxygen atoms in total. The number of hydrogen-bond donors (Lipinski definition) is 2.